The predicted molar refractivity (Wildman–Crippen MR) is 148 cm³/mol. The first-order valence-corrected chi connectivity index (χ1v) is 13.6. The Morgan fingerprint density at radius 1 is 0.795 bits per heavy atom. The Labute approximate surface area is 227 Å². The summed E-state index contributed by atoms with van der Waals surface area (Å²) in [6, 6.07) is 22.5. The molecule has 0 unspecified atom stereocenters. The van der Waals surface area contributed by atoms with Crippen LogP contribution >= 0.6 is 0 Å². The molecular weight excluding hydrogens is 494 g/mol. The molecule has 1 aromatic heterocycles. The minimum Gasteiger partial charge on any atom is -0.487 e. The van der Waals surface area contributed by atoms with E-state index in [0.29, 0.717) is 33.0 Å². The van der Waals surface area contributed by atoms with Crippen molar-refractivity contribution in [1.82, 2.24) is 9.88 Å². The fourth-order valence-corrected chi connectivity index (χ4v) is 5.36. The number of benzene rings is 3. The molecular formula is C31H31N3O5. The van der Waals surface area contributed by atoms with Crippen LogP contribution in [0.2, 0.25) is 0 Å². The molecule has 39 heavy (non-hydrogen) atoms. The van der Waals surface area contributed by atoms with E-state index < -0.39 is 0 Å². The Bertz CT molecular complexity index is 1490. The summed E-state index contributed by atoms with van der Waals surface area (Å²) in [7, 11) is 0. The van der Waals surface area contributed by atoms with Crippen LogP contribution in [0.15, 0.2) is 66.7 Å². The van der Waals surface area contributed by atoms with Gasteiger partial charge >= 0.3 is 0 Å². The first-order valence-electron chi connectivity index (χ1n) is 13.6. The molecule has 0 bridgehead atoms. The van der Waals surface area contributed by atoms with E-state index in [0.717, 1.165) is 77.1 Å². The molecule has 4 heterocycles. The zero-order valence-corrected chi connectivity index (χ0v) is 21.7. The van der Waals surface area contributed by atoms with Gasteiger partial charge in [-0.15, -0.1) is 0 Å². The van der Waals surface area contributed by atoms with Crippen molar-refractivity contribution in [2.45, 2.75) is 25.6 Å². The van der Waals surface area contributed by atoms with Crippen molar-refractivity contribution in [2.75, 3.05) is 44.8 Å². The van der Waals surface area contributed by atoms with E-state index in [1.807, 2.05) is 42.5 Å². The molecule has 0 spiro atoms. The Hall–Kier alpha value is -4.17. The standard InChI is InChI=1S/C31H31N3O5/c1-2-23-6-9-30(32-18-21-4-7-25-28(16-21)37-14-12-35-25)33-31(23)27(3-1)39-24-10-11-34(20-24)19-22-5-8-26-29(17-22)38-15-13-36-26/h1-9,16-17,24H,10-15,18-20H2,(H,32,33)/t24-/m0/s1. The zero-order chi connectivity index (χ0) is 26.0. The van der Waals surface area contributed by atoms with Gasteiger partial charge in [0.25, 0.3) is 0 Å². The van der Waals surface area contributed by atoms with Crippen molar-refractivity contribution in [2.24, 2.45) is 0 Å². The summed E-state index contributed by atoms with van der Waals surface area (Å²) in [6.45, 7) is 5.73. The van der Waals surface area contributed by atoms with E-state index in [-0.39, 0.29) is 6.10 Å². The van der Waals surface area contributed by atoms with Gasteiger partial charge in [0, 0.05) is 31.6 Å². The highest BCUT2D eigenvalue weighted by atomic mass is 16.6. The van der Waals surface area contributed by atoms with Crippen LogP contribution in [0.25, 0.3) is 10.9 Å². The van der Waals surface area contributed by atoms with Crippen molar-refractivity contribution >= 4 is 16.7 Å². The molecule has 4 aromatic rings. The number of likely N-dealkylation sites (tertiary alicyclic amines) is 1. The fourth-order valence-electron chi connectivity index (χ4n) is 5.36. The zero-order valence-electron chi connectivity index (χ0n) is 21.7. The fraction of sp³-hybridized carbons (Fsp3) is 0.323. The normalized spacial score (nSPS) is 18.2. The minimum atomic E-state index is 0.115. The third-order valence-corrected chi connectivity index (χ3v) is 7.30. The third kappa shape index (κ3) is 5.25. The number of ether oxygens (including phenoxy) is 5. The number of fused-ring (bicyclic) bond motifs is 3. The number of hydrogen-bond acceptors (Lipinski definition) is 8. The highest BCUT2D eigenvalue weighted by Gasteiger charge is 2.25. The molecule has 0 aliphatic carbocycles. The third-order valence-electron chi connectivity index (χ3n) is 7.30. The quantitative estimate of drug-likeness (QED) is 0.360. The highest BCUT2D eigenvalue weighted by molar-refractivity contribution is 5.85. The summed E-state index contributed by atoms with van der Waals surface area (Å²) in [5.41, 5.74) is 3.20. The number of anilines is 1. The summed E-state index contributed by atoms with van der Waals surface area (Å²) in [6.07, 6.45) is 1.09. The molecule has 1 atom stereocenters. The van der Waals surface area contributed by atoms with Gasteiger partial charge in [-0.3, -0.25) is 4.90 Å². The molecule has 8 nitrogen and oxygen atoms in total. The predicted octanol–water partition coefficient (Wildman–Crippen LogP) is 5.04. The average Bonchev–Trinajstić information content (AvgIpc) is 3.42. The number of pyridine rings is 1. The second-order valence-electron chi connectivity index (χ2n) is 10.1. The second kappa shape index (κ2) is 10.5. The Morgan fingerprint density at radius 3 is 2.31 bits per heavy atom. The van der Waals surface area contributed by atoms with Gasteiger partial charge in [-0.25, -0.2) is 4.98 Å². The highest BCUT2D eigenvalue weighted by Crippen LogP contribution is 2.33. The first-order chi connectivity index (χ1) is 19.3. The van der Waals surface area contributed by atoms with Crippen molar-refractivity contribution in [1.29, 1.82) is 0 Å². The van der Waals surface area contributed by atoms with Gasteiger partial charge in [-0.2, -0.15) is 0 Å². The molecule has 1 N–H and O–H groups in total. The van der Waals surface area contributed by atoms with Crippen LogP contribution in [-0.2, 0) is 13.1 Å². The van der Waals surface area contributed by atoms with Crippen LogP contribution in [0, 0.1) is 0 Å². The van der Waals surface area contributed by atoms with Gasteiger partial charge in [-0.1, -0.05) is 24.3 Å². The molecule has 0 saturated carbocycles. The van der Waals surface area contributed by atoms with Gasteiger partial charge in [0.05, 0.1) is 0 Å². The second-order valence-corrected chi connectivity index (χ2v) is 10.1. The molecule has 3 aromatic carbocycles. The van der Waals surface area contributed by atoms with E-state index in [1.165, 1.54) is 5.56 Å². The Morgan fingerprint density at radius 2 is 1.51 bits per heavy atom. The van der Waals surface area contributed by atoms with Crippen LogP contribution < -0.4 is 29.0 Å². The molecule has 200 valence electrons. The Balaban J connectivity index is 1.01. The summed E-state index contributed by atoms with van der Waals surface area (Å²) in [5, 5.41) is 4.51. The van der Waals surface area contributed by atoms with Crippen molar-refractivity contribution in [3.05, 3.63) is 77.9 Å². The average molecular weight is 526 g/mol. The summed E-state index contributed by atoms with van der Waals surface area (Å²) in [5.74, 6) is 4.89. The molecule has 0 amide bonds. The number of aromatic nitrogens is 1. The summed E-state index contributed by atoms with van der Waals surface area (Å²) < 4.78 is 29.3. The number of nitrogens with one attached hydrogen (secondary N) is 1. The molecule has 1 saturated heterocycles. The van der Waals surface area contributed by atoms with Crippen LogP contribution in [0.4, 0.5) is 5.82 Å². The van der Waals surface area contributed by atoms with Gasteiger partial charge < -0.3 is 29.0 Å². The number of hydrogen-bond donors (Lipinski definition) is 1. The molecule has 0 radical (unpaired) electrons. The van der Waals surface area contributed by atoms with E-state index in [1.54, 1.807) is 0 Å². The number of nitrogens with zero attached hydrogens (tertiary/aromatic N) is 2. The molecule has 1 fully saturated rings. The van der Waals surface area contributed by atoms with Crippen LogP contribution in [0.5, 0.6) is 28.7 Å². The summed E-state index contributed by atoms with van der Waals surface area (Å²) >= 11 is 0. The van der Waals surface area contributed by atoms with E-state index >= 15 is 0 Å². The lowest BCUT2D eigenvalue weighted by Gasteiger charge is -2.21. The van der Waals surface area contributed by atoms with E-state index in [2.05, 4.69) is 34.5 Å². The molecule has 3 aliphatic rings. The maximum atomic E-state index is 6.52. The van der Waals surface area contributed by atoms with Crippen molar-refractivity contribution in [3.8, 4) is 28.7 Å². The van der Waals surface area contributed by atoms with Crippen LogP contribution in [0.3, 0.4) is 0 Å². The lowest BCUT2D eigenvalue weighted by Crippen LogP contribution is -2.24. The number of para-hydroxylation sites is 1. The van der Waals surface area contributed by atoms with Gasteiger partial charge in [0.1, 0.15) is 49.6 Å². The monoisotopic (exact) mass is 525 g/mol. The summed E-state index contributed by atoms with van der Waals surface area (Å²) in [4.78, 5) is 7.34. The van der Waals surface area contributed by atoms with Crippen LogP contribution in [-0.4, -0.2) is 55.5 Å². The van der Waals surface area contributed by atoms with Crippen molar-refractivity contribution in [3.63, 3.8) is 0 Å². The molecule has 8 heteroatoms. The van der Waals surface area contributed by atoms with E-state index in [4.69, 9.17) is 28.7 Å². The van der Waals surface area contributed by atoms with Crippen molar-refractivity contribution < 1.29 is 23.7 Å². The van der Waals surface area contributed by atoms with Gasteiger partial charge in [0.2, 0.25) is 0 Å². The van der Waals surface area contributed by atoms with E-state index in [9.17, 15) is 0 Å². The lowest BCUT2D eigenvalue weighted by atomic mass is 10.2. The molecule has 3 aliphatic heterocycles. The minimum absolute atomic E-state index is 0.115. The molecule has 7 rings (SSSR count). The Kier molecular flexibility index (Phi) is 6.46. The smallest absolute Gasteiger partial charge is 0.161 e. The van der Waals surface area contributed by atoms with Crippen LogP contribution in [0.1, 0.15) is 17.5 Å². The largest absolute Gasteiger partial charge is 0.487 e. The maximum Gasteiger partial charge on any atom is 0.161 e. The first kappa shape index (κ1) is 23.9. The topological polar surface area (TPSA) is 74.3 Å². The lowest BCUT2D eigenvalue weighted by molar-refractivity contribution is 0.171. The van der Waals surface area contributed by atoms with Gasteiger partial charge in [0.15, 0.2) is 23.0 Å². The maximum absolute atomic E-state index is 6.52. The SMILES string of the molecule is c1cc(O[C@H]2CCN(Cc3ccc4c(c3)OCCO4)C2)c2nc(NCc3ccc4c(c3)OCCO4)ccc2c1. The number of rotatable bonds is 7. The van der Waals surface area contributed by atoms with Gasteiger partial charge in [-0.05, 0) is 60.0 Å².